The molecule has 7 heteroatoms. The average molecular weight is 401 g/mol. The lowest BCUT2D eigenvalue weighted by atomic mass is 10.0. The van der Waals surface area contributed by atoms with Crippen LogP contribution >= 0.6 is 0 Å². The van der Waals surface area contributed by atoms with Gasteiger partial charge in [0.05, 0.1) is 11.0 Å². The molecule has 1 atom stereocenters. The van der Waals surface area contributed by atoms with E-state index in [0.29, 0.717) is 31.6 Å². The minimum atomic E-state index is -3.66. The molecule has 0 radical (unpaired) electrons. The SMILES string of the molecule is O=C(NC[C@@H]1CCCO1)c1cccc(S(=O)(=O)N2CCc3ccccc3C2)c1. The third-order valence-electron chi connectivity index (χ3n) is 5.34. The van der Waals surface area contributed by atoms with Gasteiger partial charge in [0.15, 0.2) is 0 Å². The molecule has 2 aliphatic heterocycles. The van der Waals surface area contributed by atoms with Crippen molar-refractivity contribution in [2.45, 2.75) is 36.8 Å². The van der Waals surface area contributed by atoms with E-state index in [9.17, 15) is 13.2 Å². The van der Waals surface area contributed by atoms with Gasteiger partial charge in [0, 0.05) is 31.8 Å². The highest BCUT2D eigenvalue weighted by atomic mass is 32.2. The molecule has 0 aliphatic carbocycles. The van der Waals surface area contributed by atoms with Crippen molar-refractivity contribution >= 4 is 15.9 Å². The largest absolute Gasteiger partial charge is 0.376 e. The second-order valence-corrected chi connectivity index (χ2v) is 9.17. The molecule has 2 heterocycles. The molecule has 1 N–H and O–H groups in total. The van der Waals surface area contributed by atoms with Gasteiger partial charge in [0.25, 0.3) is 5.91 Å². The number of benzene rings is 2. The number of hydrogen-bond donors (Lipinski definition) is 1. The Balaban J connectivity index is 1.49. The fourth-order valence-corrected chi connectivity index (χ4v) is 5.20. The standard InChI is InChI=1S/C21H24N2O4S/c24-21(22-14-19-8-4-12-27-19)17-7-3-9-20(13-17)28(25,26)23-11-10-16-5-1-2-6-18(16)15-23/h1-3,5-7,9,13,19H,4,8,10-12,14-15H2,(H,22,24)/t19-/m0/s1. The molecule has 0 saturated carbocycles. The fraction of sp³-hybridized carbons (Fsp3) is 0.381. The molecule has 2 aliphatic rings. The number of hydrogen-bond acceptors (Lipinski definition) is 4. The van der Waals surface area contributed by atoms with Gasteiger partial charge in [-0.15, -0.1) is 0 Å². The van der Waals surface area contributed by atoms with E-state index in [4.69, 9.17) is 4.74 Å². The maximum atomic E-state index is 13.1. The van der Waals surface area contributed by atoms with Gasteiger partial charge >= 0.3 is 0 Å². The van der Waals surface area contributed by atoms with E-state index in [-0.39, 0.29) is 16.9 Å². The first-order chi connectivity index (χ1) is 13.5. The minimum Gasteiger partial charge on any atom is -0.376 e. The summed E-state index contributed by atoms with van der Waals surface area (Å²) in [6, 6.07) is 14.2. The predicted molar refractivity (Wildman–Crippen MR) is 105 cm³/mol. The third kappa shape index (κ3) is 3.97. The summed E-state index contributed by atoms with van der Waals surface area (Å²) < 4.78 is 33.2. The number of sulfonamides is 1. The maximum absolute atomic E-state index is 13.1. The highest BCUT2D eigenvalue weighted by molar-refractivity contribution is 7.89. The summed E-state index contributed by atoms with van der Waals surface area (Å²) >= 11 is 0. The van der Waals surface area contributed by atoms with Gasteiger partial charge in [-0.1, -0.05) is 30.3 Å². The zero-order valence-electron chi connectivity index (χ0n) is 15.6. The molecule has 0 unspecified atom stereocenters. The van der Waals surface area contributed by atoms with Crippen LogP contribution in [-0.2, 0) is 27.7 Å². The summed E-state index contributed by atoms with van der Waals surface area (Å²) in [6.07, 6.45) is 2.68. The van der Waals surface area contributed by atoms with Crippen LogP contribution in [0.25, 0.3) is 0 Å². The molecule has 1 fully saturated rings. The Morgan fingerprint density at radius 1 is 1.14 bits per heavy atom. The number of fused-ring (bicyclic) bond motifs is 1. The lowest BCUT2D eigenvalue weighted by Crippen LogP contribution is -2.36. The van der Waals surface area contributed by atoms with E-state index in [1.807, 2.05) is 24.3 Å². The smallest absolute Gasteiger partial charge is 0.251 e. The summed E-state index contributed by atoms with van der Waals surface area (Å²) in [5.74, 6) is -0.281. The van der Waals surface area contributed by atoms with Crippen molar-refractivity contribution in [3.8, 4) is 0 Å². The Morgan fingerprint density at radius 2 is 1.96 bits per heavy atom. The van der Waals surface area contributed by atoms with Crippen LogP contribution in [-0.4, -0.2) is 44.4 Å². The van der Waals surface area contributed by atoms with Gasteiger partial charge in [-0.2, -0.15) is 4.31 Å². The van der Waals surface area contributed by atoms with Gasteiger partial charge in [-0.25, -0.2) is 8.42 Å². The van der Waals surface area contributed by atoms with Crippen LogP contribution in [0, 0.1) is 0 Å². The number of rotatable bonds is 5. The van der Waals surface area contributed by atoms with E-state index in [1.165, 1.54) is 15.9 Å². The quantitative estimate of drug-likeness (QED) is 0.836. The molecule has 4 rings (SSSR count). The Bertz CT molecular complexity index is 968. The van der Waals surface area contributed by atoms with Crippen molar-refractivity contribution in [2.75, 3.05) is 19.7 Å². The maximum Gasteiger partial charge on any atom is 0.251 e. The first-order valence-corrected chi connectivity index (χ1v) is 11.0. The van der Waals surface area contributed by atoms with Crippen LogP contribution in [0.5, 0.6) is 0 Å². The van der Waals surface area contributed by atoms with Crippen LogP contribution in [0.4, 0.5) is 0 Å². The second kappa shape index (κ2) is 8.03. The van der Waals surface area contributed by atoms with Crippen molar-refractivity contribution in [2.24, 2.45) is 0 Å². The number of ether oxygens (including phenoxy) is 1. The number of carbonyl (C=O) groups excluding carboxylic acids is 1. The van der Waals surface area contributed by atoms with Gasteiger partial charge in [0.1, 0.15) is 0 Å². The van der Waals surface area contributed by atoms with Gasteiger partial charge in [0.2, 0.25) is 10.0 Å². The summed E-state index contributed by atoms with van der Waals surface area (Å²) in [5, 5.41) is 2.84. The lowest BCUT2D eigenvalue weighted by molar-refractivity contribution is 0.0857. The minimum absolute atomic E-state index is 0.0456. The molecule has 28 heavy (non-hydrogen) atoms. The summed E-state index contributed by atoms with van der Waals surface area (Å²) in [5.41, 5.74) is 2.57. The average Bonchev–Trinajstić information content (AvgIpc) is 3.25. The van der Waals surface area contributed by atoms with Crippen LogP contribution in [0.1, 0.15) is 34.3 Å². The predicted octanol–water partition coefficient (Wildman–Crippen LogP) is 2.34. The van der Waals surface area contributed by atoms with Crippen molar-refractivity contribution in [1.29, 1.82) is 0 Å². The second-order valence-electron chi connectivity index (χ2n) is 7.23. The zero-order chi connectivity index (χ0) is 19.6. The molecular formula is C21H24N2O4S. The molecule has 2 aromatic rings. The van der Waals surface area contributed by atoms with E-state index in [2.05, 4.69) is 5.32 Å². The number of nitrogens with one attached hydrogen (secondary N) is 1. The van der Waals surface area contributed by atoms with E-state index in [0.717, 1.165) is 25.0 Å². The van der Waals surface area contributed by atoms with Crippen molar-refractivity contribution < 1.29 is 17.9 Å². The normalized spacial score (nSPS) is 19.9. The first-order valence-electron chi connectivity index (χ1n) is 9.61. The molecule has 0 spiro atoms. The van der Waals surface area contributed by atoms with Crippen LogP contribution < -0.4 is 5.32 Å². The highest BCUT2D eigenvalue weighted by Crippen LogP contribution is 2.25. The van der Waals surface area contributed by atoms with Crippen LogP contribution in [0.15, 0.2) is 53.4 Å². The Kier molecular flexibility index (Phi) is 5.48. The highest BCUT2D eigenvalue weighted by Gasteiger charge is 2.28. The summed E-state index contributed by atoms with van der Waals surface area (Å²) in [7, 11) is -3.66. The summed E-state index contributed by atoms with van der Waals surface area (Å²) in [6.45, 7) is 1.97. The monoisotopic (exact) mass is 400 g/mol. The Labute approximate surface area is 165 Å². The molecular weight excluding hydrogens is 376 g/mol. The van der Waals surface area contributed by atoms with Crippen molar-refractivity contribution in [3.05, 3.63) is 65.2 Å². The Morgan fingerprint density at radius 3 is 2.75 bits per heavy atom. The van der Waals surface area contributed by atoms with Crippen LogP contribution in [0.2, 0.25) is 0 Å². The van der Waals surface area contributed by atoms with Gasteiger partial charge in [-0.3, -0.25) is 4.79 Å². The van der Waals surface area contributed by atoms with Gasteiger partial charge < -0.3 is 10.1 Å². The molecule has 0 bridgehead atoms. The molecule has 0 aromatic heterocycles. The number of amides is 1. The number of carbonyl (C=O) groups is 1. The van der Waals surface area contributed by atoms with Crippen LogP contribution in [0.3, 0.4) is 0 Å². The molecule has 2 aromatic carbocycles. The lowest BCUT2D eigenvalue weighted by Gasteiger charge is -2.28. The molecule has 1 saturated heterocycles. The van der Waals surface area contributed by atoms with Crippen molar-refractivity contribution in [3.63, 3.8) is 0 Å². The van der Waals surface area contributed by atoms with Crippen molar-refractivity contribution in [1.82, 2.24) is 9.62 Å². The Hall–Kier alpha value is -2.22. The van der Waals surface area contributed by atoms with E-state index < -0.39 is 10.0 Å². The summed E-state index contributed by atoms with van der Waals surface area (Å²) in [4.78, 5) is 12.6. The van der Waals surface area contributed by atoms with E-state index in [1.54, 1.807) is 18.2 Å². The topological polar surface area (TPSA) is 75.7 Å². The van der Waals surface area contributed by atoms with Gasteiger partial charge in [-0.05, 0) is 48.6 Å². The first kappa shape index (κ1) is 19.1. The molecule has 148 valence electrons. The molecule has 6 nitrogen and oxygen atoms in total. The number of nitrogens with zero attached hydrogens (tertiary/aromatic N) is 1. The molecule has 1 amide bonds. The fourth-order valence-electron chi connectivity index (χ4n) is 3.74. The zero-order valence-corrected chi connectivity index (χ0v) is 16.5. The van der Waals surface area contributed by atoms with E-state index >= 15 is 0 Å². The third-order valence-corrected chi connectivity index (χ3v) is 7.19.